The lowest BCUT2D eigenvalue weighted by Gasteiger charge is -2.06. The fourth-order valence-corrected chi connectivity index (χ4v) is 1.69. The molecular weight excluding hydrogens is 214 g/mol. The molecule has 3 heteroatoms. The second-order valence-electron chi connectivity index (χ2n) is 3.93. The monoisotopic (exact) mass is 231 g/mol. The van der Waals surface area contributed by atoms with Gasteiger partial charge in [-0.3, -0.25) is 0 Å². The largest absolute Gasteiger partial charge is 0.462 e. The number of aryl methyl sites for hydroxylation is 1. The maximum absolute atomic E-state index is 8.89. The third-order valence-corrected chi connectivity index (χ3v) is 2.68. The second kappa shape index (κ2) is 5.55. The van der Waals surface area contributed by atoms with Gasteiger partial charge in [0.2, 0.25) is 0 Å². The van der Waals surface area contributed by atoms with Crippen molar-refractivity contribution >= 4 is 5.69 Å². The minimum atomic E-state index is -0.0503. The predicted octanol–water partition coefficient (Wildman–Crippen LogP) is 2.95. The first-order valence-electron chi connectivity index (χ1n) is 5.83. The zero-order valence-corrected chi connectivity index (χ0v) is 9.94. The summed E-state index contributed by atoms with van der Waals surface area (Å²) in [6.45, 7) is 2.72. The van der Waals surface area contributed by atoms with Crippen molar-refractivity contribution in [3.05, 3.63) is 53.5 Å². The normalized spacial score (nSPS) is 10.5. The van der Waals surface area contributed by atoms with E-state index in [-0.39, 0.29) is 6.61 Å². The van der Waals surface area contributed by atoms with Crippen LogP contribution in [0.25, 0.3) is 0 Å². The average Bonchev–Trinajstić information content (AvgIpc) is 2.84. The van der Waals surface area contributed by atoms with Crippen molar-refractivity contribution in [1.82, 2.24) is 0 Å². The molecule has 0 bridgehead atoms. The molecule has 2 aromatic rings. The van der Waals surface area contributed by atoms with E-state index in [0.29, 0.717) is 12.3 Å². The number of aliphatic hydroxyl groups is 1. The maximum atomic E-state index is 8.89. The Morgan fingerprint density at radius 1 is 1.18 bits per heavy atom. The second-order valence-corrected chi connectivity index (χ2v) is 3.93. The molecule has 17 heavy (non-hydrogen) atoms. The summed E-state index contributed by atoms with van der Waals surface area (Å²) in [5.74, 6) is 1.43. The number of benzene rings is 1. The first-order valence-corrected chi connectivity index (χ1v) is 5.83. The van der Waals surface area contributed by atoms with Crippen LogP contribution in [0, 0.1) is 0 Å². The lowest BCUT2D eigenvalue weighted by atomic mass is 10.1. The van der Waals surface area contributed by atoms with Crippen molar-refractivity contribution < 1.29 is 9.52 Å². The van der Waals surface area contributed by atoms with Gasteiger partial charge in [-0.05, 0) is 36.2 Å². The number of hydrogen-bond acceptors (Lipinski definition) is 3. The van der Waals surface area contributed by atoms with Crippen LogP contribution >= 0.6 is 0 Å². The van der Waals surface area contributed by atoms with Gasteiger partial charge in [0.25, 0.3) is 0 Å². The van der Waals surface area contributed by atoms with Crippen LogP contribution in [0.1, 0.15) is 24.0 Å². The molecule has 0 radical (unpaired) electrons. The molecule has 3 nitrogen and oxygen atoms in total. The summed E-state index contributed by atoms with van der Waals surface area (Å²) < 4.78 is 5.40. The summed E-state index contributed by atoms with van der Waals surface area (Å²) in [6, 6.07) is 12.0. The van der Waals surface area contributed by atoms with Crippen molar-refractivity contribution in [2.75, 3.05) is 5.32 Å². The van der Waals surface area contributed by atoms with E-state index < -0.39 is 0 Å². The van der Waals surface area contributed by atoms with Gasteiger partial charge in [0.15, 0.2) is 0 Å². The Morgan fingerprint density at radius 3 is 2.71 bits per heavy atom. The molecule has 0 aliphatic carbocycles. The predicted molar refractivity (Wildman–Crippen MR) is 67.8 cm³/mol. The molecule has 0 spiro atoms. The fraction of sp³-hybridized carbons (Fsp3) is 0.286. The highest BCUT2D eigenvalue weighted by molar-refractivity contribution is 5.45. The van der Waals surface area contributed by atoms with Gasteiger partial charge in [-0.1, -0.05) is 19.1 Å². The van der Waals surface area contributed by atoms with Gasteiger partial charge in [-0.2, -0.15) is 0 Å². The van der Waals surface area contributed by atoms with Crippen molar-refractivity contribution in [2.24, 2.45) is 0 Å². The quantitative estimate of drug-likeness (QED) is 0.831. The van der Waals surface area contributed by atoms with Crippen molar-refractivity contribution in [3.8, 4) is 0 Å². The molecule has 90 valence electrons. The molecule has 0 saturated heterocycles. The summed E-state index contributed by atoms with van der Waals surface area (Å²) in [6.07, 6.45) is 1.03. The highest BCUT2D eigenvalue weighted by atomic mass is 16.4. The first-order chi connectivity index (χ1) is 8.31. The van der Waals surface area contributed by atoms with E-state index in [1.165, 1.54) is 5.56 Å². The number of rotatable bonds is 5. The zero-order valence-electron chi connectivity index (χ0n) is 9.94. The molecular formula is C14H17NO2. The molecule has 1 heterocycles. The Labute approximate surface area is 101 Å². The molecule has 0 aliphatic heterocycles. The van der Waals surface area contributed by atoms with E-state index in [9.17, 15) is 0 Å². The van der Waals surface area contributed by atoms with Crippen molar-refractivity contribution in [3.63, 3.8) is 0 Å². The standard InChI is InChI=1S/C14H17NO2/c1-2-11-4-3-5-12(8-11)15-9-13-6-7-14(10-16)17-13/h3-8,15-16H,2,9-10H2,1H3. The van der Waals surface area contributed by atoms with E-state index >= 15 is 0 Å². The number of aliphatic hydroxyl groups excluding tert-OH is 1. The van der Waals surface area contributed by atoms with Gasteiger partial charge in [-0.25, -0.2) is 0 Å². The van der Waals surface area contributed by atoms with E-state index in [2.05, 4.69) is 24.4 Å². The number of furan rings is 1. The molecule has 0 unspecified atom stereocenters. The molecule has 0 saturated carbocycles. The molecule has 2 N–H and O–H groups in total. The van der Waals surface area contributed by atoms with Crippen LogP contribution in [0.3, 0.4) is 0 Å². The Morgan fingerprint density at radius 2 is 2.00 bits per heavy atom. The van der Waals surface area contributed by atoms with Crippen LogP contribution in [-0.4, -0.2) is 5.11 Å². The van der Waals surface area contributed by atoms with Crippen LogP contribution in [0.15, 0.2) is 40.8 Å². The smallest absolute Gasteiger partial charge is 0.129 e. The van der Waals surface area contributed by atoms with Gasteiger partial charge in [0, 0.05) is 5.69 Å². The summed E-state index contributed by atoms with van der Waals surface area (Å²) >= 11 is 0. The van der Waals surface area contributed by atoms with E-state index in [4.69, 9.17) is 9.52 Å². The molecule has 1 aromatic carbocycles. The Kier molecular flexibility index (Phi) is 3.83. The van der Waals surface area contributed by atoms with Crippen LogP contribution < -0.4 is 5.32 Å². The highest BCUT2D eigenvalue weighted by Crippen LogP contribution is 2.14. The summed E-state index contributed by atoms with van der Waals surface area (Å²) in [4.78, 5) is 0. The first kappa shape index (κ1) is 11.7. The number of nitrogens with one attached hydrogen (secondary N) is 1. The minimum Gasteiger partial charge on any atom is -0.462 e. The molecule has 0 amide bonds. The summed E-state index contributed by atoms with van der Waals surface area (Å²) in [7, 11) is 0. The average molecular weight is 231 g/mol. The molecule has 0 atom stereocenters. The Balaban J connectivity index is 1.96. The zero-order chi connectivity index (χ0) is 12.1. The highest BCUT2D eigenvalue weighted by Gasteiger charge is 2.01. The molecule has 1 aromatic heterocycles. The van der Waals surface area contributed by atoms with Crippen LogP contribution in [0.5, 0.6) is 0 Å². The van der Waals surface area contributed by atoms with Gasteiger partial charge in [0.1, 0.15) is 18.1 Å². The van der Waals surface area contributed by atoms with Gasteiger partial charge < -0.3 is 14.8 Å². The summed E-state index contributed by atoms with van der Waals surface area (Å²) in [5.41, 5.74) is 2.40. The Bertz CT molecular complexity index is 477. The van der Waals surface area contributed by atoms with Crippen LogP contribution in [0.4, 0.5) is 5.69 Å². The SMILES string of the molecule is CCc1cccc(NCc2ccc(CO)o2)c1. The fourth-order valence-electron chi connectivity index (χ4n) is 1.69. The van der Waals surface area contributed by atoms with Gasteiger partial charge in [0.05, 0.1) is 6.54 Å². The Hall–Kier alpha value is -1.74. The van der Waals surface area contributed by atoms with Crippen molar-refractivity contribution in [1.29, 1.82) is 0 Å². The summed E-state index contributed by atoms with van der Waals surface area (Å²) in [5, 5.41) is 12.2. The van der Waals surface area contributed by atoms with Crippen molar-refractivity contribution in [2.45, 2.75) is 26.5 Å². The van der Waals surface area contributed by atoms with E-state index in [0.717, 1.165) is 17.9 Å². The van der Waals surface area contributed by atoms with E-state index in [1.807, 2.05) is 18.2 Å². The third kappa shape index (κ3) is 3.11. The lowest BCUT2D eigenvalue weighted by Crippen LogP contribution is -1.98. The number of hydrogen-bond donors (Lipinski definition) is 2. The van der Waals surface area contributed by atoms with Gasteiger partial charge in [-0.15, -0.1) is 0 Å². The minimum absolute atomic E-state index is 0.0503. The van der Waals surface area contributed by atoms with Crippen LogP contribution in [0.2, 0.25) is 0 Å². The van der Waals surface area contributed by atoms with Crippen LogP contribution in [-0.2, 0) is 19.6 Å². The van der Waals surface area contributed by atoms with E-state index in [1.54, 1.807) is 6.07 Å². The molecule has 2 rings (SSSR count). The molecule has 0 fully saturated rings. The lowest BCUT2D eigenvalue weighted by molar-refractivity contribution is 0.244. The topological polar surface area (TPSA) is 45.4 Å². The maximum Gasteiger partial charge on any atom is 0.129 e. The molecule has 0 aliphatic rings. The number of anilines is 1. The van der Waals surface area contributed by atoms with Gasteiger partial charge >= 0.3 is 0 Å². The third-order valence-electron chi connectivity index (χ3n) is 2.68.